The fourth-order valence-electron chi connectivity index (χ4n) is 1.78. The van der Waals surface area contributed by atoms with Gasteiger partial charge in [-0.05, 0) is 37.5 Å². The average Bonchev–Trinajstić information content (AvgIpc) is 2.30. The van der Waals surface area contributed by atoms with E-state index in [0.29, 0.717) is 12.4 Å². The zero-order valence-electron chi connectivity index (χ0n) is 9.40. The molecule has 2 heterocycles. The topological polar surface area (TPSA) is 51.2 Å². The van der Waals surface area contributed by atoms with E-state index >= 15 is 0 Å². The number of aromatic nitrogens is 1. The van der Waals surface area contributed by atoms with Crippen LogP contribution in [0.15, 0.2) is 18.3 Å². The van der Waals surface area contributed by atoms with Crippen LogP contribution in [0.1, 0.15) is 18.4 Å². The van der Waals surface area contributed by atoms with Crippen molar-refractivity contribution in [3.63, 3.8) is 0 Å². The van der Waals surface area contributed by atoms with E-state index in [4.69, 9.17) is 4.74 Å². The number of carbonyl (C=O) groups is 1. The van der Waals surface area contributed by atoms with Crippen molar-refractivity contribution in [1.82, 2.24) is 4.98 Å². The highest BCUT2D eigenvalue weighted by molar-refractivity contribution is 5.91. The minimum atomic E-state index is -0.0314. The third kappa shape index (κ3) is 2.79. The first-order valence-corrected chi connectivity index (χ1v) is 5.57. The Morgan fingerprint density at radius 2 is 2.50 bits per heavy atom. The second-order valence-electron chi connectivity index (χ2n) is 4.12. The Hall–Kier alpha value is -1.42. The predicted molar refractivity (Wildman–Crippen MR) is 61.1 cm³/mol. The van der Waals surface area contributed by atoms with Gasteiger partial charge in [0.25, 0.3) is 0 Å². The molecule has 16 heavy (non-hydrogen) atoms. The van der Waals surface area contributed by atoms with Gasteiger partial charge in [-0.2, -0.15) is 0 Å². The Labute approximate surface area is 95.0 Å². The lowest BCUT2D eigenvalue weighted by atomic mass is 10.0. The van der Waals surface area contributed by atoms with Crippen LogP contribution in [0.25, 0.3) is 0 Å². The van der Waals surface area contributed by atoms with Crippen molar-refractivity contribution in [2.45, 2.75) is 19.8 Å². The number of carbonyl (C=O) groups excluding carboxylic acids is 1. The second kappa shape index (κ2) is 5.07. The molecule has 1 aliphatic heterocycles. The Morgan fingerprint density at radius 1 is 1.62 bits per heavy atom. The van der Waals surface area contributed by atoms with Crippen LogP contribution in [0.4, 0.5) is 5.82 Å². The minimum absolute atomic E-state index is 0.0119. The Bertz CT molecular complexity index is 373. The van der Waals surface area contributed by atoms with Crippen LogP contribution < -0.4 is 5.32 Å². The first kappa shape index (κ1) is 11.1. The van der Waals surface area contributed by atoms with Crippen LogP contribution in [0.2, 0.25) is 0 Å². The third-order valence-corrected chi connectivity index (χ3v) is 2.70. The van der Waals surface area contributed by atoms with Gasteiger partial charge in [-0.1, -0.05) is 0 Å². The fraction of sp³-hybridized carbons (Fsp3) is 0.500. The second-order valence-corrected chi connectivity index (χ2v) is 4.12. The van der Waals surface area contributed by atoms with E-state index in [1.54, 1.807) is 6.20 Å². The first-order valence-electron chi connectivity index (χ1n) is 5.57. The van der Waals surface area contributed by atoms with Gasteiger partial charge in [0.1, 0.15) is 5.82 Å². The third-order valence-electron chi connectivity index (χ3n) is 2.70. The molecule has 0 aliphatic carbocycles. The summed E-state index contributed by atoms with van der Waals surface area (Å²) in [4.78, 5) is 15.9. The molecule has 1 atom stereocenters. The Kier molecular flexibility index (Phi) is 3.51. The summed E-state index contributed by atoms with van der Waals surface area (Å²) in [5.74, 6) is 0.601. The molecular weight excluding hydrogens is 204 g/mol. The highest BCUT2D eigenvalue weighted by atomic mass is 16.5. The number of nitrogens with one attached hydrogen (secondary N) is 1. The maximum Gasteiger partial charge on any atom is 0.230 e. The van der Waals surface area contributed by atoms with Crippen molar-refractivity contribution in [1.29, 1.82) is 0 Å². The number of aryl methyl sites for hydroxylation is 1. The lowest BCUT2D eigenvalue weighted by Crippen LogP contribution is -2.30. The van der Waals surface area contributed by atoms with Crippen LogP contribution in [-0.4, -0.2) is 24.1 Å². The number of rotatable bonds is 2. The van der Waals surface area contributed by atoms with Gasteiger partial charge >= 0.3 is 0 Å². The van der Waals surface area contributed by atoms with Crippen molar-refractivity contribution in [3.05, 3.63) is 23.9 Å². The molecule has 1 aromatic rings. The number of pyridine rings is 1. The van der Waals surface area contributed by atoms with Gasteiger partial charge in [0, 0.05) is 12.8 Å². The smallest absolute Gasteiger partial charge is 0.230 e. The maximum absolute atomic E-state index is 11.8. The summed E-state index contributed by atoms with van der Waals surface area (Å²) in [5.41, 5.74) is 1.09. The van der Waals surface area contributed by atoms with Crippen LogP contribution >= 0.6 is 0 Å². The molecule has 0 aromatic carbocycles. The summed E-state index contributed by atoms with van der Waals surface area (Å²) in [6.07, 6.45) is 3.55. The normalized spacial score (nSPS) is 20.4. The fourth-order valence-corrected chi connectivity index (χ4v) is 1.78. The van der Waals surface area contributed by atoms with Crippen LogP contribution in [0, 0.1) is 12.8 Å². The number of nitrogens with zero attached hydrogens (tertiary/aromatic N) is 1. The zero-order chi connectivity index (χ0) is 11.4. The average molecular weight is 220 g/mol. The molecule has 4 heteroatoms. The monoisotopic (exact) mass is 220 g/mol. The number of anilines is 1. The molecule has 0 spiro atoms. The Morgan fingerprint density at radius 3 is 3.19 bits per heavy atom. The summed E-state index contributed by atoms with van der Waals surface area (Å²) < 4.78 is 5.28. The van der Waals surface area contributed by atoms with E-state index in [-0.39, 0.29) is 11.8 Å². The molecule has 2 rings (SSSR count). The van der Waals surface area contributed by atoms with Crippen molar-refractivity contribution < 1.29 is 9.53 Å². The zero-order valence-corrected chi connectivity index (χ0v) is 9.40. The number of ether oxygens (including phenoxy) is 1. The number of hydrogen-bond acceptors (Lipinski definition) is 3. The molecule has 0 bridgehead atoms. The summed E-state index contributed by atoms with van der Waals surface area (Å²) in [6, 6.07) is 3.76. The lowest BCUT2D eigenvalue weighted by molar-refractivity contribution is -0.123. The number of hydrogen-bond donors (Lipinski definition) is 1. The molecule has 1 N–H and O–H groups in total. The van der Waals surface area contributed by atoms with Crippen LogP contribution in [0.5, 0.6) is 0 Å². The van der Waals surface area contributed by atoms with Crippen molar-refractivity contribution >= 4 is 11.7 Å². The molecular formula is C12H16N2O2. The van der Waals surface area contributed by atoms with E-state index in [1.165, 1.54) is 0 Å². The highest BCUT2D eigenvalue weighted by Crippen LogP contribution is 2.15. The van der Waals surface area contributed by atoms with E-state index in [9.17, 15) is 4.79 Å². The summed E-state index contributed by atoms with van der Waals surface area (Å²) in [7, 11) is 0. The van der Waals surface area contributed by atoms with Gasteiger partial charge in [-0.15, -0.1) is 0 Å². The first-order chi connectivity index (χ1) is 7.75. The lowest BCUT2D eigenvalue weighted by Gasteiger charge is -2.20. The van der Waals surface area contributed by atoms with Gasteiger partial charge in [0.05, 0.1) is 12.5 Å². The minimum Gasteiger partial charge on any atom is -0.381 e. The van der Waals surface area contributed by atoms with Gasteiger partial charge in [0.2, 0.25) is 5.91 Å². The molecule has 86 valence electrons. The summed E-state index contributed by atoms with van der Waals surface area (Å²) in [6.45, 7) is 3.27. The standard InChI is InChI=1S/C12H16N2O2/c1-9-4-5-13-11(7-9)14-12(15)10-3-2-6-16-8-10/h4-5,7,10H,2-3,6,8H2,1H3,(H,13,14,15). The van der Waals surface area contributed by atoms with Crippen LogP contribution in [0.3, 0.4) is 0 Å². The molecule has 1 amide bonds. The predicted octanol–water partition coefficient (Wildman–Crippen LogP) is 1.76. The van der Waals surface area contributed by atoms with E-state index in [2.05, 4.69) is 10.3 Å². The van der Waals surface area contributed by atoms with Crippen molar-refractivity contribution in [2.24, 2.45) is 5.92 Å². The molecule has 1 aromatic heterocycles. The summed E-state index contributed by atoms with van der Waals surface area (Å²) in [5, 5.41) is 2.82. The molecule has 1 fully saturated rings. The largest absolute Gasteiger partial charge is 0.381 e. The quantitative estimate of drug-likeness (QED) is 0.826. The van der Waals surface area contributed by atoms with E-state index < -0.39 is 0 Å². The van der Waals surface area contributed by atoms with E-state index in [0.717, 1.165) is 25.0 Å². The molecule has 1 aliphatic rings. The maximum atomic E-state index is 11.8. The van der Waals surface area contributed by atoms with Crippen molar-refractivity contribution in [2.75, 3.05) is 18.5 Å². The van der Waals surface area contributed by atoms with Gasteiger partial charge in [-0.3, -0.25) is 4.79 Å². The van der Waals surface area contributed by atoms with E-state index in [1.807, 2.05) is 19.1 Å². The van der Waals surface area contributed by atoms with Crippen molar-refractivity contribution in [3.8, 4) is 0 Å². The SMILES string of the molecule is Cc1ccnc(NC(=O)C2CCCOC2)c1. The van der Waals surface area contributed by atoms with Gasteiger partial charge in [-0.25, -0.2) is 4.98 Å². The molecule has 1 unspecified atom stereocenters. The van der Waals surface area contributed by atoms with Crippen LogP contribution in [-0.2, 0) is 9.53 Å². The van der Waals surface area contributed by atoms with Gasteiger partial charge in [0.15, 0.2) is 0 Å². The van der Waals surface area contributed by atoms with Gasteiger partial charge < -0.3 is 10.1 Å². The Balaban J connectivity index is 1.96. The highest BCUT2D eigenvalue weighted by Gasteiger charge is 2.21. The molecule has 0 saturated carbocycles. The molecule has 0 radical (unpaired) electrons. The molecule has 1 saturated heterocycles. The summed E-state index contributed by atoms with van der Waals surface area (Å²) >= 11 is 0. The number of amides is 1. The molecule has 4 nitrogen and oxygen atoms in total.